The number of anilines is 1. The van der Waals surface area contributed by atoms with Crippen molar-refractivity contribution in [1.82, 2.24) is 9.97 Å². The lowest BCUT2D eigenvalue weighted by Crippen LogP contribution is -2.11. The molecule has 2 heterocycles. The Balaban J connectivity index is 1.79. The van der Waals surface area contributed by atoms with E-state index >= 15 is 0 Å². The summed E-state index contributed by atoms with van der Waals surface area (Å²) in [4.78, 5) is 9.17. The van der Waals surface area contributed by atoms with E-state index in [0.717, 1.165) is 28.8 Å². The Morgan fingerprint density at radius 3 is 2.71 bits per heavy atom. The van der Waals surface area contributed by atoms with E-state index in [1.54, 1.807) is 11.3 Å². The second kappa shape index (κ2) is 5.45. The SMILES string of the molecule is CC(C)(C)c1nc(CNc2cccc3cccnc23)cs1. The number of aromatic nitrogens is 2. The van der Waals surface area contributed by atoms with Crippen LogP contribution in [0.2, 0.25) is 0 Å². The Bertz CT molecular complexity index is 751. The molecule has 0 amide bonds. The number of benzene rings is 1. The zero-order valence-corrected chi connectivity index (χ0v) is 13.4. The molecule has 0 unspecified atom stereocenters. The van der Waals surface area contributed by atoms with Crippen molar-refractivity contribution in [2.45, 2.75) is 32.7 Å². The first-order chi connectivity index (χ1) is 10.0. The first-order valence-electron chi connectivity index (χ1n) is 7.06. The van der Waals surface area contributed by atoms with E-state index in [4.69, 9.17) is 4.98 Å². The number of pyridine rings is 1. The van der Waals surface area contributed by atoms with Crippen LogP contribution in [0.5, 0.6) is 0 Å². The third kappa shape index (κ3) is 3.05. The maximum Gasteiger partial charge on any atom is 0.0982 e. The van der Waals surface area contributed by atoms with Gasteiger partial charge in [-0.15, -0.1) is 11.3 Å². The van der Waals surface area contributed by atoms with Gasteiger partial charge in [0.1, 0.15) is 0 Å². The first kappa shape index (κ1) is 14.0. The highest BCUT2D eigenvalue weighted by molar-refractivity contribution is 7.09. The van der Waals surface area contributed by atoms with Crippen LogP contribution in [-0.4, -0.2) is 9.97 Å². The van der Waals surface area contributed by atoms with Crippen LogP contribution in [0, 0.1) is 0 Å². The third-order valence-electron chi connectivity index (χ3n) is 3.29. The van der Waals surface area contributed by atoms with Gasteiger partial charge in [0.05, 0.1) is 28.5 Å². The molecule has 3 aromatic rings. The van der Waals surface area contributed by atoms with Crippen LogP contribution in [0.25, 0.3) is 10.9 Å². The summed E-state index contributed by atoms with van der Waals surface area (Å²) in [7, 11) is 0. The van der Waals surface area contributed by atoms with E-state index in [2.05, 4.69) is 54.7 Å². The van der Waals surface area contributed by atoms with Gasteiger partial charge in [-0.3, -0.25) is 4.98 Å². The molecule has 4 heteroatoms. The maximum absolute atomic E-state index is 4.71. The summed E-state index contributed by atoms with van der Waals surface area (Å²) in [6.07, 6.45) is 1.83. The van der Waals surface area contributed by atoms with Gasteiger partial charge in [-0.05, 0) is 12.1 Å². The van der Waals surface area contributed by atoms with E-state index in [9.17, 15) is 0 Å². The van der Waals surface area contributed by atoms with Crippen molar-refractivity contribution in [1.29, 1.82) is 0 Å². The Hall–Kier alpha value is -1.94. The van der Waals surface area contributed by atoms with Crippen LogP contribution in [0.3, 0.4) is 0 Å². The van der Waals surface area contributed by atoms with E-state index in [1.807, 2.05) is 18.3 Å². The Labute approximate surface area is 129 Å². The van der Waals surface area contributed by atoms with Gasteiger partial charge >= 0.3 is 0 Å². The van der Waals surface area contributed by atoms with Crippen molar-refractivity contribution < 1.29 is 0 Å². The predicted octanol–water partition coefficient (Wildman–Crippen LogP) is 4.60. The van der Waals surface area contributed by atoms with Gasteiger partial charge in [-0.25, -0.2) is 4.98 Å². The summed E-state index contributed by atoms with van der Waals surface area (Å²) in [5, 5.41) is 7.91. The maximum atomic E-state index is 4.71. The van der Waals surface area contributed by atoms with Crippen molar-refractivity contribution in [3.05, 3.63) is 52.6 Å². The minimum Gasteiger partial charge on any atom is -0.378 e. The molecule has 0 aliphatic carbocycles. The van der Waals surface area contributed by atoms with Crippen LogP contribution in [-0.2, 0) is 12.0 Å². The molecule has 2 aromatic heterocycles. The van der Waals surface area contributed by atoms with Crippen LogP contribution in [0.15, 0.2) is 41.9 Å². The molecule has 1 N–H and O–H groups in total. The van der Waals surface area contributed by atoms with Gasteiger partial charge in [0.25, 0.3) is 0 Å². The van der Waals surface area contributed by atoms with Gasteiger partial charge in [0.15, 0.2) is 0 Å². The van der Waals surface area contributed by atoms with Crippen LogP contribution >= 0.6 is 11.3 Å². The smallest absolute Gasteiger partial charge is 0.0982 e. The van der Waals surface area contributed by atoms with E-state index < -0.39 is 0 Å². The van der Waals surface area contributed by atoms with E-state index in [0.29, 0.717) is 0 Å². The molecular formula is C17H19N3S. The van der Waals surface area contributed by atoms with E-state index in [-0.39, 0.29) is 5.41 Å². The number of nitrogens with one attached hydrogen (secondary N) is 1. The van der Waals surface area contributed by atoms with Crippen molar-refractivity contribution >= 4 is 27.9 Å². The van der Waals surface area contributed by atoms with Gasteiger partial charge in [-0.1, -0.05) is 39.0 Å². The quantitative estimate of drug-likeness (QED) is 0.767. The monoisotopic (exact) mass is 297 g/mol. The molecule has 0 spiro atoms. The molecule has 3 nitrogen and oxygen atoms in total. The van der Waals surface area contributed by atoms with Gasteiger partial charge in [-0.2, -0.15) is 0 Å². The molecule has 3 rings (SSSR count). The number of nitrogens with zero attached hydrogens (tertiary/aromatic N) is 2. The molecule has 108 valence electrons. The molecule has 0 radical (unpaired) electrons. The van der Waals surface area contributed by atoms with Gasteiger partial charge < -0.3 is 5.32 Å². The lowest BCUT2D eigenvalue weighted by molar-refractivity contribution is 0.583. The molecule has 21 heavy (non-hydrogen) atoms. The highest BCUT2D eigenvalue weighted by Crippen LogP contribution is 2.26. The minimum absolute atomic E-state index is 0.115. The number of fused-ring (bicyclic) bond motifs is 1. The predicted molar refractivity (Wildman–Crippen MR) is 89.9 cm³/mol. The summed E-state index contributed by atoms with van der Waals surface area (Å²) in [5.74, 6) is 0. The van der Waals surface area contributed by atoms with Crippen molar-refractivity contribution in [2.75, 3.05) is 5.32 Å². The number of para-hydroxylation sites is 1. The van der Waals surface area contributed by atoms with Crippen LogP contribution < -0.4 is 5.32 Å². The summed E-state index contributed by atoms with van der Waals surface area (Å²) in [5.41, 5.74) is 3.26. The second-order valence-corrected chi connectivity index (χ2v) is 6.99. The third-order valence-corrected chi connectivity index (χ3v) is 4.60. The Morgan fingerprint density at radius 2 is 1.95 bits per heavy atom. The molecule has 1 aromatic carbocycles. The fourth-order valence-corrected chi connectivity index (χ4v) is 3.07. The largest absolute Gasteiger partial charge is 0.378 e. The van der Waals surface area contributed by atoms with Gasteiger partial charge in [0.2, 0.25) is 0 Å². The fraction of sp³-hybridized carbons (Fsp3) is 0.294. The topological polar surface area (TPSA) is 37.8 Å². The zero-order valence-electron chi connectivity index (χ0n) is 12.6. The number of hydrogen-bond donors (Lipinski definition) is 1. The highest BCUT2D eigenvalue weighted by Gasteiger charge is 2.17. The fourth-order valence-electron chi connectivity index (χ4n) is 2.17. The van der Waals surface area contributed by atoms with Gasteiger partial charge in [0, 0.05) is 22.4 Å². The van der Waals surface area contributed by atoms with E-state index in [1.165, 1.54) is 5.01 Å². The minimum atomic E-state index is 0.115. The van der Waals surface area contributed by atoms with Crippen molar-refractivity contribution in [2.24, 2.45) is 0 Å². The summed E-state index contributed by atoms with van der Waals surface area (Å²) < 4.78 is 0. The average Bonchev–Trinajstić information content (AvgIpc) is 2.94. The van der Waals surface area contributed by atoms with Crippen molar-refractivity contribution in [3.8, 4) is 0 Å². The number of thiazole rings is 1. The molecule has 0 aliphatic heterocycles. The van der Waals surface area contributed by atoms with Crippen molar-refractivity contribution in [3.63, 3.8) is 0 Å². The molecule has 0 aliphatic rings. The Morgan fingerprint density at radius 1 is 1.14 bits per heavy atom. The summed E-state index contributed by atoms with van der Waals surface area (Å²) in [6, 6.07) is 10.2. The zero-order chi connectivity index (χ0) is 14.9. The number of rotatable bonds is 3. The standard InChI is InChI=1S/C17H19N3S/c1-17(2,3)16-20-13(11-21-16)10-19-14-8-4-6-12-7-5-9-18-15(12)14/h4-9,11,19H,10H2,1-3H3. The molecule has 0 saturated carbocycles. The summed E-state index contributed by atoms with van der Waals surface area (Å²) in [6.45, 7) is 7.30. The summed E-state index contributed by atoms with van der Waals surface area (Å²) >= 11 is 1.73. The molecule has 0 atom stereocenters. The Kier molecular flexibility index (Phi) is 3.64. The first-order valence-corrected chi connectivity index (χ1v) is 7.94. The molecule has 0 bridgehead atoms. The second-order valence-electron chi connectivity index (χ2n) is 6.13. The van der Waals surface area contributed by atoms with Crippen LogP contribution in [0.4, 0.5) is 5.69 Å². The molecule has 0 fully saturated rings. The number of hydrogen-bond acceptors (Lipinski definition) is 4. The molecular weight excluding hydrogens is 278 g/mol. The molecule has 0 saturated heterocycles. The average molecular weight is 297 g/mol. The lowest BCUT2D eigenvalue weighted by atomic mass is 9.98. The van der Waals surface area contributed by atoms with Crippen LogP contribution in [0.1, 0.15) is 31.5 Å². The highest BCUT2D eigenvalue weighted by atomic mass is 32.1. The lowest BCUT2D eigenvalue weighted by Gasteiger charge is -2.13. The normalized spacial score (nSPS) is 11.8.